The second-order valence-electron chi connectivity index (χ2n) is 3.90. The van der Waals surface area contributed by atoms with E-state index in [-0.39, 0.29) is 19.3 Å². The Morgan fingerprint density at radius 2 is 2.25 bits per heavy atom. The zero-order valence-corrected chi connectivity index (χ0v) is 9.23. The first kappa shape index (κ1) is 12.6. The molecular formula is C10H15NO5. The van der Waals surface area contributed by atoms with Crippen LogP contribution in [-0.4, -0.2) is 22.4 Å². The summed E-state index contributed by atoms with van der Waals surface area (Å²) in [6.07, 6.45) is 1.91. The molecule has 1 aliphatic rings. The third kappa shape index (κ3) is 2.37. The summed E-state index contributed by atoms with van der Waals surface area (Å²) in [5.41, 5.74) is -2.11. The van der Waals surface area contributed by atoms with E-state index in [1.807, 2.05) is 0 Å². The van der Waals surface area contributed by atoms with Crippen molar-refractivity contribution in [1.82, 2.24) is 0 Å². The van der Waals surface area contributed by atoms with Crippen LogP contribution in [0.2, 0.25) is 0 Å². The molecule has 0 aromatic heterocycles. The molecule has 6 nitrogen and oxygen atoms in total. The van der Waals surface area contributed by atoms with E-state index in [2.05, 4.69) is 0 Å². The molecule has 90 valence electrons. The van der Waals surface area contributed by atoms with Crippen LogP contribution in [0.15, 0.2) is 0 Å². The van der Waals surface area contributed by atoms with Crippen molar-refractivity contribution < 1.29 is 19.2 Å². The van der Waals surface area contributed by atoms with E-state index in [1.54, 1.807) is 6.92 Å². The van der Waals surface area contributed by atoms with Gasteiger partial charge in [0.15, 0.2) is 0 Å². The Balaban J connectivity index is 2.83. The van der Waals surface area contributed by atoms with Crippen LogP contribution in [0.5, 0.6) is 0 Å². The van der Waals surface area contributed by atoms with Gasteiger partial charge in [0.25, 0.3) is 5.78 Å². The van der Waals surface area contributed by atoms with Crippen LogP contribution >= 0.6 is 0 Å². The summed E-state index contributed by atoms with van der Waals surface area (Å²) in [6, 6.07) is 0. The molecule has 0 N–H and O–H groups in total. The smallest absolute Gasteiger partial charge is 0.390 e. The Morgan fingerprint density at radius 1 is 1.56 bits per heavy atom. The number of carbonyl (C=O) groups is 2. The van der Waals surface area contributed by atoms with Crippen molar-refractivity contribution in [3.63, 3.8) is 0 Å². The number of rotatable bonds is 4. The Bertz CT molecular complexity index is 314. The van der Waals surface area contributed by atoms with Gasteiger partial charge in [-0.3, -0.25) is 19.7 Å². The molecule has 1 atom stereocenters. The summed E-state index contributed by atoms with van der Waals surface area (Å²) in [7, 11) is 0. The molecule has 0 heterocycles. The lowest BCUT2D eigenvalue weighted by Gasteiger charge is -2.26. The fourth-order valence-electron chi connectivity index (χ4n) is 1.77. The monoisotopic (exact) mass is 229 g/mol. The van der Waals surface area contributed by atoms with Crippen molar-refractivity contribution in [1.29, 1.82) is 0 Å². The predicted molar refractivity (Wildman–Crippen MR) is 54.2 cm³/mol. The van der Waals surface area contributed by atoms with E-state index < -0.39 is 22.4 Å². The van der Waals surface area contributed by atoms with Gasteiger partial charge in [-0.05, 0) is 19.3 Å². The minimum atomic E-state index is -2.11. The number of esters is 1. The van der Waals surface area contributed by atoms with Crippen molar-refractivity contribution in [3.8, 4) is 0 Å². The molecule has 0 amide bonds. The first-order valence-electron chi connectivity index (χ1n) is 5.42. The molecule has 0 spiro atoms. The van der Waals surface area contributed by atoms with Crippen LogP contribution in [0.3, 0.4) is 0 Å². The lowest BCUT2D eigenvalue weighted by Crippen LogP contribution is -2.52. The lowest BCUT2D eigenvalue weighted by atomic mass is 9.90. The standard InChI is InChI=1S/C10H15NO5/c1-2-5-9(13)16-10(11(14)15)7-4-3-6-8(10)12/h2-7H2,1H3. The number of Topliss-reactive ketones (excluding diaryl/α,β-unsaturated/α-hetero) is 1. The molecule has 0 saturated heterocycles. The number of hydrogen-bond donors (Lipinski definition) is 0. The first-order chi connectivity index (χ1) is 7.53. The molecule has 0 radical (unpaired) electrons. The van der Waals surface area contributed by atoms with Crippen LogP contribution in [0.1, 0.15) is 45.4 Å². The Hall–Kier alpha value is -1.46. The van der Waals surface area contributed by atoms with E-state index in [0.717, 1.165) is 0 Å². The summed E-state index contributed by atoms with van der Waals surface area (Å²) in [5, 5.41) is 10.9. The SMILES string of the molecule is CCCC(=O)OC1([N+](=O)[O-])CCCCC1=O. The van der Waals surface area contributed by atoms with E-state index in [9.17, 15) is 19.7 Å². The highest BCUT2D eigenvalue weighted by atomic mass is 16.7. The molecular weight excluding hydrogens is 214 g/mol. The van der Waals surface area contributed by atoms with Crippen molar-refractivity contribution in [2.45, 2.75) is 51.2 Å². The van der Waals surface area contributed by atoms with Crippen molar-refractivity contribution in [3.05, 3.63) is 10.1 Å². The van der Waals surface area contributed by atoms with Crippen molar-refractivity contribution >= 4 is 11.8 Å². The largest absolute Gasteiger partial charge is 0.424 e. The molecule has 1 rings (SSSR count). The highest BCUT2D eigenvalue weighted by Crippen LogP contribution is 2.29. The maximum absolute atomic E-state index is 11.6. The minimum absolute atomic E-state index is 0.00567. The predicted octanol–water partition coefficient (Wildman–Crippen LogP) is 1.45. The van der Waals surface area contributed by atoms with Gasteiger partial charge in [-0.15, -0.1) is 0 Å². The quantitative estimate of drug-likeness (QED) is 0.315. The third-order valence-corrected chi connectivity index (χ3v) is 2.64. The first-order valence-corrected chi connectivity index (χ1v) is 5.42. The Kier molecular flexibility index (Phi) is 3.98. The molecule has 6 heteroatoms. The fourth-order valence-corrected chi connectivity index (χ4v) is 1.77. The van der Waals surface area contributed by atoms with Gasteiger partial charge in [-0.2, -0.15) is 0 Å². The fraction of sp³-hybridized carbons (Fsp3) is 0.800. The maximum Gasteiger partial charge on any atom is 0.424 e. The summed E-state index contributed by atoms with van der Waals surface area (Å²) in [4.78, 5) is 33.0. The van der Waals surface area contributed by atoms with E-state index in [0.29, 0.717) is 19.3 Å². The molecule has 0 aliphatic heterocycles. The van der Waals surface area contributed by atoms with E-state index in [4.69, 9.17) is 4.74 Å². The van der Waals surface area contributed by atoms with Crippen LogP contribution in [0.25, 0.3) is 0 Å². The Labute approximate surface area is 93.1 Å². The highest BCUT2D eigenvalue weighted by Gasteiger charge is 2.55. The molecule has 1 unspecified atom stereocenters. The third-order valence-electron chi connectivity index (χ3n) is 2.64. The maximum atomic E-state index is 11.6. The van der Waals surface area contributed by atoms with Crippen LogP contribution in [-0.2, 0) is 14.3 Å². The number of ether oxygens (including phenoxy) is 1. The van der Waals surface area contributed by atoms with Gasteiger partial charge in [-0.25, -0.2) is 0 Å². The van der Waals surface area contributed by atoms with Crippen LogP contribution in [0.4, 0.5) is 0 Å². The van der Waals surface area contributed by atoms with Gasteiger partial charge in [0.1, 0.15) is 0 Å². The summed E-state index contributed by atoms with van der Waals surface area (Å²) in [6.45, 7) is 1.77. The lowest BCUT2D eigenvalue weighted by molar-refractivity contribution is -0.603. The summed E-state index contributed by atoms with van der Waals surface area (Å²) < 4.78 is 4.81. The van der Waals surface area contributed by atoms with Crippen LogP contribution in [0, 0.1) is 10.1 Å². The van der Waals surface area contributed by atoms with Gasteiger partial charge in [0.05, 0.1) is 11.3 Å². The van der Waals surface area contributed by atoms with E-state index >= 15 is 0 Å². The van der Waals surface area contributed by atoms with Gasteiger partial charge >= 0.3 is 11.7 Å². The number of nitro groups is 1. The molecule has 1 saturated carbocycles. The highest BCUT2D eigenvalue weighted by molar-refractivity contribution is 5.88. The van der Waals surface area contributed by atoms with Gasteiger partial charge in [0, 0.05) is 12.8 Å². The zero-order valence-electron chi connectivity index (χ0n) is 9.23. The molecule has 16 heavy (non-hydrogen) atoms. The average Bonchev–Trinajstić information content (AvgIpc) is 2.21. The molecule has 0 aromatic carbocycles. The van der Waals surface area contributed by atoms with Gasteiger partial charge in [0.2, 0.25) is 0 Å². The van der Waals surface area contributed by atoms with Crippen molar-refractivity contribution in [2.75, 3.05) is 0 Å². The normalized spacial score (nSPS) is 25.2. The van der Waals surface area contributed by atoms with Gasteiger partial charge < -0.3 is 4.74 Å². The van der Waals surface area contributed by atoms with Crippen LogP contribution < -0.4 is 0 Å². The number of nitrogens with zero attached hydrogens (tertiary/aromatic N) is 1. The zero-order chi connectivity index (χ0) is 12.2. The molecule has 0 aromatic rings. The molecule has 1 fully saturated rings. The topological polar surface area (TPSA) is 86.5 Å². The number of hydrogen-bond acceptors (Lipinski definition) is 5. The number of ketones is 1. The van der Waals surface area contributed by atoms with E-state index in [1.165, 1.54) is 0 Å². The summed E-state index contributed by atoms with van der Waals surface area (Å²) in [5.74, 6) is -1.26. The molecule has 1 aliphatic carbocycles. The average molecular weight is 229 g/mol. The van der Waals surface area contributed by atoms with Gasteiger partial charge in [-0.1, -0.05) is 6.92 Å². The second-order valence-corrected chi connectivity index (χ2v) is 3.90. The minimum Gasteiger partial charge on any atom is -0.390 e. The molecule has 0 bridgehead atoms. The summed E-state index contributed by atoms with van der Waals surface area (Å²) >= 11 is 0. The second kappa shape index (κ2) is 5.05. The Morgan fingerprint density at radius 3 is 2.75 bits per heavy atom. The number of carbonyl (C=O) groups excluding carboxylic acids is 2. The van der Waals surface area contributed by atoms with Crippen molar-refractivity contribution in [2.24, 2.45) is 0 Å².